The first-order chi connectivity index (χ1) is 23.9. The summed E-state index contributed by atoms with van der Waals surface area (Å²) in [5.74, 6) is 0.553. The maximum absolute atomic E-state index is 14.2. The molecule has 0 aromatic heterocycles. The first-order valence-electron chi connectivity index (χ1n) is 18.4. The van der Waals surface area contributed by atoms with Gasteiger partial charge in [0.05, 0.1) is 11.0 Å². The lowest BCUT2D eigenvalue weighted by atomic mass is 9.93. The van der Waals surface area contributed by atoms with Crippen LogP contribution in [-0.4, -0.2) is 65.0 Å². The summed E-state index contributed by atoms with van der Waals surface area (Å²) in [5.41, 5.74) is 2.92. The van der Waals surface area contributed by atoms with Gasteiger partial charge in [-0.15, -0.1) is 0 Å². The molecule has 1 aliphatic heterocycles. The van der Waals surface area contributed by atoms with Gasteiger partial charge in [0.15, 0.2) is 0 Å². The van der Waals surface area contributed by atoms with E-state index in [4.69, 9.17) is 4.42 Å². The Morgan fingerprint density at radius 2 is 1.32 bits per heavy atom. The fourth-order valence-corrected chi connectivity index (χ4v) is 9.09. The lowest BCUT2D eigenvalue weighted by Crippen LogP contribution is -2.33. The van der Waals surface area contributed by atoms with E-state index in [1.54, 1.807) is 0 Å². The van der Waals surface area contributed by atoms with Crippen molar-refractivity contribution in [1.82, 2.24) is 8.88 Å². The average Bonchev–Trinajstić information content (AvgIpc) is 3.10. The molecule has 2 aliphatic rings. The van der Waals surface area contributed by atoms with Crippen molar-refractivity contribution in [2.24, 2.45) is 0 Å². The van der Waals surface area contributed by atoms with Gasteiger partial charge in [0.25, 0.3) is 10.1 Å². The number of benzene rings is 3. The zero-order valence-electron chi connectivity index (χ0n) is 30.7. The van der Waals surface area contributed by atoms with Crippen LogP contribution in [0.4, 0.5) is 5.69 Å². The zero-order valence-corrected chi connectivity index (χ0v) is 32.4. The molecule has 0 radical (unpaired) electrons. The fourth-order valence-electron chi connectivity index (χ4n) is 6.74. The third-order valence-corrected chi connectivity index (χ3v) is 12.4. The van der Waals surface area contributed by atoms with Crippen LogP contribution in [0.2, 0.25) is 0 Å². The summed E-state index contributed by atoms with van der Waals surface area (Å²) in [6, 6.07) is 15.8. The second-order valence-electron chi connectivity index (χ2n) is 12.8. The Labute approximate surface area is 299 Å². The highest BCUT2D eigenvalue weighted by Gasteiger charge is 2.30. The van der Waals surface area contributed by atoms with E-state index >= 15 is 0 Å². The summed E-state index contributed by atoms with van der Waals surface area (Å²) in [7, 11) is -8.92. The molecule has 1 aliphatic carbocycles. The average molecular weight is 727 g/mol. The molecule has 1 heterocycles. The van der Waals surface area contributed by atoms with Gasteiger partial charge < -0.3 is 9.32 Å². The van der Waals surface area contributed by atoms with Crippen LogP contribution < -0.4 is 14.8 Å². The molecule has 0 amide bonds. The number of unbranched alkanes of at least 4 members (excludes halogenated alkanes) is 6. The van der Waals surface area contributed by atoms with Crippen LogP contribution in [-0.2, 0) is 20.1 Å². The van der Waals surface area contributed by atoms with E-state index in [0.717, 1.165) is 94.7 Å². The number of fused-ring (bicyclic) bond motifs is 2. The summed E-state index contributed by atoms with van der Waals surface area (Å²) < 4.78 is 75.6. The quantitative estimate of drug-likeness (QED) is 0.0448. The Morgan fingerprint density at radius 1 is 0.700 bits per heavy atom. The van der Waals surface area contributed by atoms with Crippen molar-refractivity contribution in [3.63, 3.8) is 0 Å². The molecular weight excluding hydrogens is 671 g/mol. The van der Waals surface area contributed by atoms with Crippen LogP contribution in [0.15, 0.2) is 68.8 Å². The van der Waals surface area contributed by atoms with Gasteiger partial charge in [-0.2, -0.15) is 12.7 Å². The number of hydrogen-bond acceptors (Lipinski definition) is 6. The second-order valence-corrected chi connectivity index (χ2v) is 16.2. The van der Waals surface area contributed by atoms with Crippen LogP contribution in [0.1, 0.15) is 92.9 Å². The van der Waals surface area contributed by atoms with Gasteiger partial charge in [0.1, 0.15) is 29.3 Å². The fraction of sp³-hybridized carbons (Fsp3) is 0.513. The Bertz CT molecular complexity index is 1980. The lowest BCUT2D eigenvalue weighted by molar-refractivity contribution is 0.385. The molecule has 4 rings (SSSR count). The number of rotatable bonds is 19. The molecule has 0 atom stereocenters. The van der Waals surface area contributed by atoms with E-state index in [1.807, 2.05) is 36.4 Å². The third kappa shape index (κ3) is 8.96. The minimum atomic E-state index is -4.87. The Morgan fingerprint density at radius 3 is 1.88 bits per heavy atom. The van der Waals surface area contributed by atoms with Crippen LogP contribution >= 0.6 is 0 Å². The molecule has 0 fully saturated rings. The van der Waals surface area contributed by atoms with Gasteiger partial charge in [0.2, 0.25) is 15.4 Å². The van der Waals surface area contributed by atoms with E-state index < -0.39 is 25.0 Å². The van der Waals surface area contributed by atoms with E-state index in [2.05, 4.69) is 51.0 Å². The van der Waals surface area contributed by atoms with Crippen LogP contribution in [0, 0.1) is 0 Å². The second kappa shape index (κ2) is 17.8. The minimum Gasteiger partial charge on any atom is -0.456 e. The summed E-state index contributed by atoms with van der Waals surface area (Å²) in [4.78, 5) is 1.59. The molecule has 2 aromatic carbocycles. The maximum Gasteiger partial charge on any atom is 0.295 e. The highest BCUT2D eigenvalue weighted by molar-refractivity contribution is 7.89. The standard InChI is InChI=1S/C39H55N3O6S2/c1-7-13-15-17-25-42(26-18-16-14-8-2)49(43,44)32-21-24-35(38(29-32)50(45,46)47)39-33-22-19-30(40(9-3)10-4)27-36(33)48-37-28-31(20-23-34(37)39)41(11-5)12-6/h19-24,27-29H,7-18,25-26H2,1-6H3/p+1. The van der Waals surface area contributed by atoms with Crippen molar-refractivity contribution in [3.05, 3.63) is 60.0 Å². The molecule has 50 heavy (non-hydrogen) atoms. The Hall–Kier alpha value is -3.25. The molecule has 0 bridgehead atoms. The maximum atomic E-state index is 14.2. The van der Waals surface area contributed by atoms with E-state index in [1.165, 1.54) is 16.4 Å². The van der Waals surface area contributed by atoms with Gasteiger partial charge in [-0.1, -0.05) is 58.4 Å². The Kier molecular flexibility index (Phi) is 14.1. The summed E-state index contributed by atoms with van der Waals surface area (Å²) in [5, 5.41) is 1.61. The predicted octanol–water partition coefficient (Wildman–Crippen LogP) is 8.26. The van der Waals surface area contributed by atoms with E-state index in [9.17, 15) is 21.4 Å². The molecule has 274 valence electrons. The van der Waals surface area contributed by atoms with E-state index in [-0.39, 0.29) is 10.5 Å². The number of sulfonamides is 1. The molecule has 11 heteroatoms. The zero-order chi connectivity index (χ0) is 36.5. The van der Waals surface area contributed by atoms with Gasteiger partial charge >= 0.3 is 0 Å². The van der Waals surface area contributed by atoms with Crippen molar-refractivity contribution in [2.75, 3.05) is 44.2 Å². The summed E-state index contributed by atoms with van der Waals surface area (Å²) >= 11 is 0. The lowest BCUT2D eigenvalue weighted by Gasteiger charge is -2.24. The number of anilines is 1. The molecule has 0 saturated carbocycles. The first kappa shape index (κ1) is 39.5. The molecule has 1 N–H and O–H groups in total. The van der Waals surface area contributed by atoms with Crippen molar-refractivity contribution < 1.29 is 25.8 Å². The van der Waals surface area contributed by atoms with Crippen molar-refractivity contribution in [3.8, 4) is 22.5 Å². The minimum absolute atomic E-state index is 0.151. The van der Waals surface area contributed by atoms with Gasteiger partial charge in [0, 0.05) is 66.1 Å². The van der Waals surface area contributed by atoms with Gasteiger partial charge in [-0.25, -0.2) is 13.0 Å². The topological polar surface area (TPSA) is 111 Å². The highest BCUT2D eigenvalue weighted by atomic mass is 32.2. The first-order valence-corrected chi connectivity index (χ1v) is 21.3. The SMILES string of the molecule is CCCCCCN(CCCCCC)S(=O)(=O)c1ccc(-c2c3ccc(=[N+](CC)CC)cc-3oc3cc(N(CC)CC)ccc23)c(S(=O)(=O)O)c1. The van der Waals surface area contributed by atoms with Gasteiger partial charge in [-0.05, 0) is 70.9 Å². The van der Waals surface area contributed by atoms with Crippen LogP contribution in [0.3, 0.4) is 0 Å². The molecule has 2 aromatic rings. The largest absolute Gasteiger partial charge is 0.456 e. The van der Waals surface area contributed by atoms with Crippen LogP contribution in [0.25, 0.3) is 33.4 Å². The van der Waals surface area contributed by atoms with Crippen molar-refractivity contribution >= 4 is 36.8 Å². The smallest absolute Gasteiger partial charge is 0.295 e. The normalized spacial score (nSPS) is 12.3. The number of hydrogen-bond donors (Lipinski definition) is 1. The van der Waals surface area contributed by atoms with Crippen molar-refractivity contribution in [1.29, 1.82) is 0 Å². The van der Waals surface area contributed by atoms with Crippen molar-refractivity contribution in [2.45, 2.75) is 103 Å². The molecular formula is C39H56N3O6S2+. The third-order valence-electron chi connectivity index (χ3n) is 9.61. The molecule has 9 nitrogen and oxygen atoms in total. The number of nitrogens with zero attached hydrogens (tertiary/aromatic N) is 3. The molecule has 0 unspecified atom stereocenters. The van der Waals surface area contributed by atoms with Gasteiger partial charge in [-0.3, -0.25) is 4.55 Å². The summed E-state index contributed by atoms with van der Waals surface area (Å²) in [6.45, 7) is 16.5. The Balaban J connectivity index is 1.98. The molecule has 0 saturated heterocycles. The predicted molar refractivity (Wildman–Crippen MR) is 205 cm³/mol. The monoisotopic (exact) mass is 726 g/mol. The highest BCUT2D eigenvalue weighted by Crippen LogP contribution is 2.43. The summed E-state index contributed by atoms with van der Waals surface area (Å²) in [6.07, 6.45) is 7.38. The molecule has 0 spiro atoms. The van der Waals surface area contributed by atoms with E-state index in [0.29, 0.717) is 40.9 Å². The van der Waals surface area contributed by atoms with Crippen LogP contribution in [0.5, 0.6) is 0 Å².